The van der Waals surface area contributed by atoms with E-state index >= 15 is 0 Å². The molecule has 0 rings (SSSR count). The van der Waals surface area contributed by atoms with Crippen LogP contribution in [0.2, 0.25) is 0 Å². The van der Waals surface area contributed by atoms with Gasteiger partial charge in [-0.05, 0) is 0 Å². The first-order valence-electron chi connectivity index (χ1n) is 0.730. The van der Waals surface area contributed by atoms with E-state index in [0.717, 1.165) is 10.7 Å². The normalized spacial score (nSPS) is 3.43. The van der Waals surface area contributed by atoms with Crippen molar-refractivity contribution in [1.82, 2.24) is 0 Å². The maximum atomic E-state index is 8.00. The van der Waals surface area contributed by atoms with Crippen LogP contribution in [-0.2, 0) is 16.8 Å². The Kier molecular flexibility index (Phi) is 134. The smallest absolute Gasteiger partial charge is 0 e. The SMILES string of the molecule is O=N[O-].O=N[O-].[Co]. The topological polar surface area (TPSA) is 105 Å². The fourth-order valence-electron chi connectivity index (χ4n) is 0. The van der Waals surface area contributed by atoms with Crippen molar-refractivity contribution in [3.63, 3.8) is 0 Å². The summed E-state index contributed by atoms with van der Waals surface area (Å²) in [6.07, 6.45) is 0. The Hall–Kier alpha value is -0.694. The Morgan fingerprint density at radius 2 is 1.00 bits per heavy atom. The van der Waals surface area contributed by atoms with Gasteiger partial charge >= 0.3 is 0 Å². The van der Waals surface area contributed by atoms with Gasteiger partial charge in [0, 0.05) is 16.8 Å². The zero-order valence-corrected chi connectivity index (χ0v) is 3.90. The molecule has 1 radical (unpaired) electrons. The largest absolute Gasteiger partial charge is 0.444 e. The first kappa shape index (κ1) is 16.2. The van der Waals surface area contributed by atoms with Crippen LogP contribution in [0.4, 0.5) is 0 Å². The van der Waals surface area contributed by atoms with Gasteiger partial charge in [-0.1, -0.05) is 0 Å². The van der Waals surface area contributed by atoms with Crippen LogP contribution in [0.3, 0.4) is 0 Å². The Labute approximate surface area is 48.6 Å². The van der Waals surface area contributed by atoms with Crippen LogP contribution < -0.4 is 0 Å². The van der Waals surface area contributed by atoms with Crippen LogP contribution >= 0.6 is 0 Å². The van der Waals surface area contributed by atoms with Gasteiger partial charge in [-0.15, -0.1) is 10.7 Å². The molecule has 0 unspecified atom stereocenters. The Morgan fingerprint density at radius 3 is 1.00 bits per heavy atom. The zero-order valence-electron chi connectivity index (χ0n) is 2.86. The first-order valence-corrected chi connectivity index (χ1v) is 0.730. The molecular formula is CoN2O4-2. The van der Waals surface area contributed by atoms with Crippen LogP contribution in [0.25, 0.3) is 0 Å². The predicted molar refractivity (Wildman–Crippen MR) is 18.3 cm³/mol. The van der Waals surface area contributed by atoms with Gasteiger partial charge in [0.25, 0.3) is 0 Å². The van der Waals surface area contributed by atoms with Crippen LogP contribution in [-0.4, -0.2) is 0 Å². The molecule has 0 saturated carbocycles. The van der Waals surface area contributed by atoms with Gasteiger partial charge < -0.3 is 20.2 Å². The second kappa shape index (κ2) is 57.7. The monoisotopic (exact) mass is 151 g/mol. The van der Waals surface area contributed by atoms with Gasteiger partial charge in [0.1, 0.15) is 0 Å². The molecule has 0 bridgehead atoms. The van der Waals surface area contributed by atoms with Crippen LogP contribution in [0.1, 0.15) is 0 Å². The molecule has 0 aromatic rings. The van der Waals surface area contributed by atoms with E-state index in [0.29, 0.717) is 0 Å². The number of nitrogens with zero attached hydrogens (tertiary/aromatic N) is 2. The molecule has 0 amide bonds. The molecule has 0 spiro atoms. The quantitative estimate of drug-likeness (QED) is 0.371. The van der Waals surface area contributed by atoms with Crippen molar-refractivity contribution < 1.29 is 16.8 Å². The zero-order chi connectivity index (χ0) is 5.41. The maximum Gasteiger partial charge on any atom is 0 e. The van der Waals surface area contributed by atoms with Crippen molar-refractivity contribution in [2.45, 2.75) is 0 Å². The average Bonchev–Trinajstić information content (AvgIpc) is 1.39. The molecule has 7 heavy (non-hydrogen) atoms. The Morgan fingerprint density at radius 1 is 1.00 bits per heavy atom. The van der Waals surface area contributed by atoms with E-state index in [9.17, 15) is 0 Å². The standard InChI is InChI=1S/Co.2HNO2/c;2*2-1-3/h;2*(H,2,3)/p-2. The van der Waals surface area contributed by atoms with Crippen molar-refractivity contribution in [2.75, 3.05) is 0 Å². The molecule has 0 aliphatic heterocycles. The molecule has 6 nitrogen and oxygen atoms in total. The third kappa shape index (κ3) is 121. The van der Waals surface area contributed by atoms with E-state index in [1.54, 1.807) is 0 Å². The van der Waals surface area contributed by atoms with Crippen molar-refractivity contribution >= 4 is 0 Å². The van der Waals surface area contributed by atoms with Gasteiger partial charge in [0.15, 0.2) is 0 Å². The van der Waals surface area contributed by atoms with Crippen LogP contribution in [0.5, 0.6) is 0 Å². The molecule has 0 aromatic carbocycles. The summed E-state index contributed by atoms with van der Waals surface area (Å²) in [4.78, 5) is 16.0. The van der Waals surface area contributed by atoms with E-state index in [-0.39, 0.29) is 16.8 Å². The molecule has 45 valence electrons. The van der Waals surface area contributed by atoms with Gasteiger partial charge in [0.2, 0.25) is 0 Å². The van der Waals surface area contributed by atoms with E-state index in [4.69, 9.17) is 20.2 Å². The molecular weight excluding hydrogens is 151 g/mol. The number of hydrogen-bond donors (Lipinski definition) is 0. The minimum atomic E-state index is 0. The maximum absolute atomic E-state index is 8.00. The molecule has 0 fully saturated rings. The van der Waals surface area contributed by atoms with Gasteiger partial charge in [-0.3, -0.25) is 0 Å². The minimum absolute atomic E-state index is 0. The van der Waals surface area contributed by atoms with Crippen molar-refractivity contribution in [3.8, 4) is 0 Å². The Balaban J connectivity index is -0.0000000400. The van der Waals surface area contributed by atoms with Crippen molar-refractivity contribution in [3.05, 3.63) is 20.2 Å². The van der Waals surface area contributed by atoms with Crippen molar-refractivity contribution in [2.24, 2.45) is 10.7 Å². The average molecular weight is 151 g/mol. The van der Waals surface area contributed by atoms with E-state index in [2.05, 4.69) is 0 Å². The molecule has 7 heteroatoms. The number of hydrogen-bond acceptors (Lipinski definition) is 6. The second-order valence-corrected chi connectivity index (χ2v) is 0.149. The molecule has 0 aliphatic carbocycles. The number of rotatable bonds is 0. The Bertz CT molecular complexity index is 30.7. The summed E-state index contributed by atoms with van der Waals surface area (Å²) in [5, 5.41) is 18.0. The fraction of sp³-hybridized carbons (Fsp3) is 0. The van der Waals surface area contributed by atoms with Crippen LogP contribution in [0.15, 0.2) is 10.7 Å². The van der Waals surface area contributed by atoms with Gasteiger partial charge in [-0.25, -0.2) is 0 Å². The summed E-state index contributed by atoms with van der Waals surface area (Å²) in [6, 6.07) is 0. The molecule has 0 saturated heterocycles. The second-order valence-electron chi connectivity index (χ2n) is 0.149. The van der Waals surface area contributed by atoms with Crippen LogP contribution in [0, 0.1) is 20.2 Å². The molecule has 0 atom stereocenters. The summed E-state index contributed by atoms with van der Waals surface area (Å²) in [6.45, 7) is 0. The van der Waals surface area contributed by atoms with Crippen molar-refractivity contribution in [1.29, 1.82) is 0 Å². The summed E-state index contributed by atoms with van der Waals surface area (Å²) < 4.78 is 0. The fourth-order valence-corrected chi connectivity index (χ4v) is 0. The van der Waals surface area contributed by atoms with E-state index in [1.807, 2.05) is 0 Å². The molecule has 0 N–H and O–H groups in total. The minimum Gasteiger partial charge on any atom is -0.444 e. The summed E-state index contributed by atoms with van der Waals surface area (Å²) >= 11 is 0. The van der Waals surface area contributed by atoms with Gasteiger partial charge in [0.05, 0.1) is 0 Å². The summed E-state index contributed by atoms with van der Waals surface area (Å²) in [7, 11) is 0. The van der Waals surface area contributed by atoms with E-state index < -0.39 is 0 Å². The first-order chi connectivity index (χ1) is 2.83. The van der Waals surface area contributed by atoms with E-state index in [1.165, 1.54) is 0 Å². The third-order valence-corrected chi connectivity index (χ3v) is 0. The predicted octanol–water partition coefficient (Wildman–Crippen LogP) is 0.499. The summed E-state index contributed by atoms with van der Waals surface area (Å²) in [5.41, 5.74) is 0. The molecule has 0 aromatic heterocycles. The summed E-state index contributed by atoms with van der Waals surface area (Å²) in [5.74, 6) is 0. The third-order valence-electron chi connectivity index (χ3n) is 0. The van der Waals surface area contributed by atoms with Gasteiger partial charge in [-0.2, -0.15) is 0 Å². The molecule has 0 aliphatic rings. The molecule has 0 heterocycles.